The van der Waals surface area contributed by atoms with Gasteiger partial charge in [-0.2, -0.15) is 5.06 Å². The van der Waals surface area contributed by atoms with Crippen LogP contribution in [0.1, 0.15) is 25.8 Å². The van der Waals surface area contributed by atoms with Crippen molar-refractivity contribution in [2.45, 2.75) is 25.9 Å². The number of anilines is 1. The van der Waals surface area contributed by atoms with Crippen molar-refractivity contribution < 1.29 is 14.7 Å². The Labute approximate surface area is 94.4 Å². The number of benzene rings is 1. The summed E-state index contributed by atoms with van der Waals surface area (Å²) in [5.41, 5.74) is 0.311. The van der Waals surface area contributed by atoms with Gasteiger partial charge in [-0.15, -0.1) is 0 Å². The smallest absolute Gasteiger partial charge is 0.253 e. The minimum Gasteiger partial charge on any atom is -0.386 e. The molecule has 16 heavy (non-hydrogen) atoms. The lowest BCUT2D eigenvalue weighted by atomic mass is 9.96. The summed E-state index contributed by atoms with van der Waals surface area (Å²) >= 11 is 0. The van der Waals surface area contributed by atoms with Gasteiger partial charge in [0.05, 0.1) is 24.3 Å². The van der Waals surface area contributed by atoms with E-state index in [1.54, 1.807) is 26.0 Å². The van der Waals surface area contributed by atoms with Gasteiger partial charge in [0, 0.05) is 5.56 Å². The molecule has 0 bridgehead atoms. The molecule has 1 saturated heterocycles. The van der Waals surface area contributed by atoms with Crippen molar-refractivity contribution in [1.29, 1.82) is 0 Å². The maximum Gasteiger partial charge on any atom is 0.253 e. The van der Waals surface area contributed by atoms with Gasteiger partial charge in [0.15, 0.2) is 0 Å². The van der Waals surface area contributed by atoms with Crippen LogP contribution in [0.2, 0.25) is 0 Å². The van der Waals surface area contributed by atoms with Crippen molar-refractivity contribution in [1.82, 2.24) is 0 Å². The second-order valence-electron chi connectivity index (χ2n) is 4.35. The summed E-state index contributed by atoms with van der Waals surface area (Å²) in [7, 11) is 0. The molecule has 2 rings (SSSR count). The molecule has 1 aromatic carbocycles. The summed E-state index contributed by atoms with van der Waals surface area (Å²) in [6.45, 7) is 3.78. The van der Waals surface area contributed by atoms with Crippen LogP contribution in [-0.4, -0.2) is 17.6 Å². The van der Waals surface area contributed by atoms with Crippen molar-refractivity contribution >= 4 is 11.6 Å². The Morgan fingerprint density at radius 1 is 1.38 bits per heavy atom. The average molecular weight is 221 g/mol. The van der Waals surface area contributed by atoms with E-state index in [1.165, 1.54) is 5.06 Å². The molecule has 0 spiro atoms. The van der Waals surface area contributed by atoms with E-state index in [0.717, 1.165) is 0 Å². The molecule has 1 aliphatic heterocycles. The summed E-state index contributed by atoms with van der Waals surface area (Å²) in [4.78, 5) is 16.8. The van der Waals surface area contributed by atoms with Crippen molar-refractivity contribution in [3.8, 4) is 0 Å². The molecule has 86 valence electrons. The Morgan fingerprint density at radius 2 is 2.06 bits per heavy atom. The predicted octanol–water partition coefficient (Wildman–Crippen LogP) is 1.58. The zero-order valence-electron chi connectivity index (χ0n) is 9.43. The zero-order valence-corrected chi connectivity index (χ0v) is 9.43. The van der Waals surface area contributed by atoms with Crippen molar-refractivity contribution in [2.24, 2.45) is 0 Å². The van der Waals surface area contributed by atoms with E-state index in [2.05, 4.69) is 0 Å². The van der Waals surface area contributed by atoms with Crippen LogP contribution >= 0.6 is 0 Å². The van der Waals surface area contributed by atoms with Crippen LogP contribution in [0, 0.1) is 0 Å². The van der Waals surface area contributed by atoms with Crippen molar-refractivity contribution in [3.63, 3.8) is 0 Å². The number of amides is 1. The average Bonchev–Trinajstić information content (AvgIpc) is 2.63. The molecule has 0 radical (unpaired) electrons. The van der Waals surface area contributed by atoms with E-state index in [0.29, 0.717) is 24.3 Å². The summed E-state index contributed by atoms with van der Waals surface area (Å²) < 4.78 is 0. The lowest BCUT2D eigenvalue weighted by Gasteiger charge is -2.25. The molecule has 4 heteroatoms. The van der Waals surface area contributed by atoms with E-state index in [-0.39, 0.29) is 5.91 Å². The fourth-order valence-electron chi connectivity index (χ4n) is 1.77. The molecule has 1 aliphatic rings. The van der Waals surface area contributed by atoms with Crippen LogP contribution in [0.3, 0.4) is 0 Å². The number of hydroxylamine groups is 1. The Morgan fingerprint density at radius 3 is 2.62 bits per heavy atom. The van der Waals surface area contributed by atoms with Crippen LogP contribution in [-0.2, 0) is 15.2 Å². The first kappa shape index (κ1) is 11.1. The van der Waals surface area contributed by atoms with Gasteiger partial charge in [0.2, 0.25) is 0 Å². The summed E-state index contributed by atoms with van der Waals surface area (Å²) in [6.07, 6.45) is 0.389. The van der Waals surface area contributed by atoms with Gasteiger partial charge >= 0.3 is 0 Å². The van der Waals surface area contributed by atoms with Crippen LogP contribution < -0.4 is 5.06 Å². The molecule has 1 amide bonds. The van der Waals surface area contributed by atoms with E-state index in [4.69, 9.17) is 4.84 Å². The highest BCUT2D eigenvalue weighted by Crippen LogP contribution is 2.32. The molecule has 1 heterocycles. The quantitative estimate of drug-likeness (QED) is 0.825. The first-order valence-corrected chi connectivity index (χ1v) is 5.28. The third-order valence-corrected chi connectivity index (χ3v) is 2.54. The van der Waals surface area contributed by atoms with Gasteiger partial charge in [-0.25, -0.2) is 0 Å². The first-order valence-electron chi connectivity index (χ1n) is 5.28. The molecule has 0 atom stereocenters. The van der Waals surface area contributed by atoms with Crippen LogP contribution in [0.5, 0.6) is 0 Å². The molecular weight excluding hydrogens is 206 g/mol. The molecule has 0 aliphatic carbocycles. The number of hydrogen-bond acceptors (Lipinski definition) is 3. The minimum atomic E-state index is -0.997. The van der Waals surface area contributed by atoms with Gasteiger partial charge in [0.1, 0.15) is 0 Å². The molecular formula is C12H15NO3. The Hall–Kier alpha value is -1.39. The largest absolute Gasteiger partial charge is 0.386 e. The van der Waals surface area contributed by atoms with Gasteiger partial charge in [0.25, 0.3) is 5.91 Å². The van der Waals surface area contributed by atoms with Gasteiger partial charge in [-0.1, -0.05) is 18.2 Å². The standard InChI is InChI=1S/C12H15NO3/c1-12(2,15)9-5-3-4-6-10(9)13-11(14)7-8-16-13/h3-6,15H,7-8H2,1-2H3. The maximum atomic E-state index is 11.6. The van der Waals surface area contributed by atoms with Crippen molar-refractivity contribution in [3.05, 3.63) is 29.8 Å². The molecule has 0 saturated carbocycles. The minimum absolute atomic E-state index is 0.0725. The highest BCUT2D eigenvalue weighted by Gasteiger charge is 2.29. The number of aliphatic hydroxyl groups is 1. The van der Waals surface area contributed by atoms with Crippen LogP contribution in [0.25, 0.3) is 0 Å². The molecule has 1 fully saturated rings. The number of nitrogens with zero attached hydrogens (tertiary/aromatic N) is 1. The summed E-state index contributed by atoms with van der Waals surface area (Å²) in [5, 5.41) is 11.3. The number of para-hydroxylation sites is 1. The number of carbonyl (C=O) groups is 1. The monoisotopic (exact) mass is 221 g/mol. The first-order chi connectivity index (χ1) is 7.50. The van der Waals surface area contributed by atoms with E-state index < -0.39 is 5.60 Å². The van der Waals surface area contributed by atoms with E-state index >= 15 is 0 Å². The number of rotatable bonds is 2. The normalized spacial score (nSPS) is 16.9. The van der Waals surface area contributed by atoms with Crippen LogP contribution in [0.4, 0.5) is 5.69 Å². The van der Waals surface area contributed by atoms with Crippen LogP contribution in [0.15, 0.2) is 24.3 Å². The van der Waals surface area contributed by atoms with E-state index in [9.17, 15) is 9.90 Å². The molecule has 0 aromatic heterocycles. The second kappa shape index (κ2) is 3.88. The lowest BCUT2D eigenvalue weighted by molar-refractivity contribution is -0.119. The third-order valence-electron chi connectivity index (χ3n) is 2.54. The van der Waals surface area contributed by atoms with Crippen molar-refractivity contribution in [2.75, 3.05) is 11.7 Å². The van der Waals surface area contributed by atoms with Gasteiger partial charge in [-0.05, 0) is 19.9 Å². The predicted molar refractivity (Wildman–Crippen MR) is 59.7 cm³/mol. The third kappa shape index (κ3) is 1.94. The molecule has 1 N–H and O–H groups in total. The lowest BCUT2D eigenvalue weighted by Crippen LogP contribution is -2.27. The van der Waals surface area contributed by atoms with Gasteiger partial charge < -0.3 is 5.11 Å². The maximum absolute atomic E-state index is 11.6. The van der Waals surface area contributed by atoms with Gasteiger partial charge in [-0.3, -0.25) is 9.63 Å². The molecule has 1 aromatic rings. The molecule has 4 nitrogen and oxygen atoms in total. The second-order valence-corrected chi connectivity index (χ2v) is 4.35. The topological polar surface area (TPSA) is 49.8 Å². The summed E-state index contributed by atoms with van der Waals surface area (Å²) in [5.74, 6) is -0.0725. The number of carbonyl (C=O) groups excluding carboxylic acids is 1. The molecule has 0 unspecified atom stereocenters. The Balaban J connectivity index is 2.44. The Kier molecular flexibility index (Phi) is 2.69. The summed E-state index contributed by atoms with van der Waals surface area (Å²) in [6, 6.07) is 7.22. The fourth-order valence-corrected chi connectivity index (χ4v) is 1.77. The fraction of sp³-hybridized carbons (Fsp3) is 0.417. The Bertz CT molecular complexity index is 409. The highest BCUT2D eigenvalue weighted by atomic mass is 16.7. The number of hydrogen-bond donors (Lipinski definition) is 1. The zero-order chi connectivity index (χ0) is 11.8. The highest BCUT2D eigenvalue weighted by molar-refractivity contribution is 5.93. The van der Waals surface area contributed by atoms with E-state index in [1.807, 2.05) is 12.1 Å². The SMILES string of the molecule is CC(C)(O)c1ccccc1N1OCCC1=O.